The van der Waals surface area contributed by atoms with E-state index in [9.17, 15) is 24.6 Å². The second kappa shape index (κ2) is 10.1. The standard InChI is InChI=1S/C19H21N5O6S/c1-10(2)7-13(18(25)26)21-16-15(24(27)28)17(23-19(22-16)31(4)29)30-14-8-12(9-20)6-5-11(14)3/h5-6,8,10,13H,7H2,1-4H3,(H,25,26)(H,21,22,23). The van der Waals surface area contributed by atoms with Crippen LogP contribution in [0.15, 0.2) is 23.4 Å². The van der Waals surface area contributed by atoms with Gasteiger partial charge in [-0.2, -0.15) is 10.2 Å². The number of benzene rings is 1. The van der Waals surface area contributed by atoms with Crippen molar-refractivity contribution in [2.75, 3.05) is 11.6 Å². The van der Waals surface area contributed by atoms with Crippen molar-refractivity contribution in [3.8, 4) is 17.7 Å². The number of anilines is 1. The van der Waals surface area contributed by atoms with Crippen LogP contribution in [-0.4, -0.2) is 42.8 Å². The topological polar surface area (TPSA) is 174 Å². The van der Waals surface area contributed by atoms with Crippen molar-refractivity contribution in [3.63, 3.8) is 0 Å². The number of nitriles is 1. The molecule has 2 rings (SSSR count). The van der Waals surface area contributed by atoms with E-state index in [4.69, 9.17) is 10.00 Å². The van der Waals surface area contributed by atoms with Crippen molar-refractivity contribution in [1.29, 1.82) is 5.26 Å². The Morgan fingerprint density at radius 3 is 2.61 bits per heavy atom. The van der Waals surface area contributed by atoms with E-state index in [0.29, 0.717) is 5.56 Å². The van der Waals surface area contributed by atoms with Gasteiger partial charge >= 0.3 is 22.7 Å². The Labute approximate surface area is 181 Å². The summed E-state index contributed by atoms with van der Waals surface area (Å²) in [6, 6.07) is 5.30. The highest BCUT2D eigenvalue weighted by Gasteiger charge is 2.33. The molecule has 0 aliphatic rings. The van der Waals surface area contributed by atoms with Crippen LogP contribution in [0.5, 0.6) is 11.6 Å². The molecule has 0 fully saturated rings. The average Bonchev–Trinajstić information content (AvgIpc) is 2.68. The minimum Gasteiger partial charge on any atom is -0.609 e. The molecule has 0 aliphatic carbocycles. The van der Waals surface area contributed by atoms with Gasteiger partial charge in [0.15, 0.2) is 0 Å². The lowest BCUT2D eigenvalue weighted by atomic mass is 10.0. The van der Waals surface area contributed by atoms with Gasteiger partial charge < -0.3 is 19.7 Å². The highest BCUT2D eigenvalue weighted by Crippen LogP contribution is 2.37. The molecule has 0 bridgehead atoms. The monoisotopic (exact) mass is 447 g/mol. The molecule has 1 aromatic heterocycles. The van der Waals surface area contributed by atoms with E-state index in [0.717, 1.165) is 0 Å². The van der Waals surface area contributed by atoms with Crippen molar-refractivity contribution in [2.45, 2.75) is 38.4 Å². The summed E-state index contributed by atoms with van der Waals surface area (Å²) >= 11 is -1.74. The van der Waals surface area contributed by atoms with Gasteiger partial charge in [0, 0.05) is 11.2 Å². The Hall–Kier alpha value is -3.43. The summed E-state index contributed by atoms with van der Waals surface area (Å²) in [6.07, 6.45) is 1.44. The number of carboxylic acids is 1. The highest BCUT2D eigenvalue weighted by atomic mass is 32.2. The summed E-state index contributed by atoms with van der Waals surface area (Å²) in [4.78, 5) is 30.5. The van der Waals surface area contributed by atoms with Crippen LogP contribution in [0.3, 0.4) is 0 Å². The third-order valence-corrected chi connectivity index (χ3v) is 4.81. The first-order valence-electron chi connectivity index (χ1n) is 9.11. The van der Waals surface area contributed by atoms with E-state index < -0.39 is 45.5 Å². The summed E-state index contributed by atoms with van der Waals surface area (Å²) < 4.78 is 17.7. The molecular formula is C19H21N5O6S. The minimum absolute atomic E-state index is 0.0265. The van der Waals surface area contributed by atoms with Crippen molar-refractivity contribution < 1.29 is 24.1 Å². The molecule has 2 unspecified atom stereocenters. The molecule has 1 aromatic carbocycles. The fourth-order valence-corrected chi connectivity index (χ4v) is 3.05. The molecule has 0 amide bonds. The van der Waals surface area contributed by atoms with E-state index in [-0.39, 0.29) is 28.8 Å². The minimum atomic E-state index is -1.74. The summed E-state index contributed by atoms with van der Waals surface area (Å²) in [5, 5.41) is 32.7. The maximum absolute atomic E-state index is 12.0. The molecule has 12 heteroatoms. The Morgan fingerprint density at radius 2 is 2.10 bits per heavy atom. The van der Waals surface area contributed by atoms with Gasteiger partial charge in [0.2, 0.25) is 5.82 Å². The smallest absolute Gasteiger partial charge is 0.373 e. The van der Waals surface area contributed by atoms with Crippen molar-refractivity contribution >= 4 is 28.7 Å². The van der Waals surface area contributed by atoms with Crippen LogP contribution >= 0.6 is 0 Å². The van der Waals surface area contributed by atoms with Crippen LogP contribution in [-0.2, 0) is 16.0 Å². The summed E-state index contributed by atoms with van der Waals surface area (Å²) in [7, 11) is 0. The van der Waals surface area contributed by atoms with Gasteiger partial charge in [-0.15, -0.1) is 4.98 Å². The molecule has 2 aromatic rings. The zero-order valence-electron chi connectivity index (χ0n) is 17.3. The van der Waals surface area contributed by atoms with E-state index in [1.54, 1.807) is 32.9 Å². The van der Waals surface area contributed by atoms with Crippen LogP contribution in [0, 0.1) is 34.3 Å². The fourth-order valence-electron chi connectivity index (χ4n) is 2.62. The zero-order valence-corrected chi connectivity index (χ0v) is 18.1. The summed E-state index contributed by atoms with van der Waals surface area (Å²) in [5.41, 5.74) is 0.132. The number of hydrogen-bond donors (Lipinski definition) is 2. The number of rotatable bonds is 9. The van der Waals surface area contributed by atoms with Gasteiger partial charge in [-0.3, -0.25) is 10.1 Å². The predicted molar refractivity (Wildman–Crippen MR) is 111 cm³/mol. The van der Waals surface area contributed by atoms with E-state index in [2.05, 4.69) is 15.3 Å². The fraction of sp³-hybridized carbons (Fsp3) is 0.368. The number of aryl methyl sites for hydroxylation is 1. The largest absolute Gasteiger partial charge is 0.609 e. The third-order valence-electron chi connectivity index (χ3n) is 4.11. The molecule has 0 aliphatic heterocycles. The van der Waals surface area contributed by atoms with Gasteiger partial charge in [0.05, 0.1) is 16.6 Å². The number of aliphatic carboxylic acids is 1. The lowest BCUT2D eigenvalue weighted by Gasteiger charge is -2.18. The number of carboxylic acid groups (broad SMARTS) is 1. The van der Waals surface area contributed by atoms with E-state index in [1.165, 1.54) is 12.3 Å². The molecule has 1 heterocycles. The van der Waals surface area contributed by atoms with Crippen LogP contribution < -0.4 is 10.1 Å². The maximum atomic E-state index is 12.0. The lowest BCUT2D eigenvalue weighted by molar-refractivity contribution is -0.385. The maximum Gasteiger partial charge on any atom is 0.373 e. The summed E-state index contributed by atoms with van der Waals surface area (Å²) in [5.74, 6) is -2.04. The Morgan fingerprint density at radius 1 is 1.42 bits per heavy atom. The van der Waals surface area contributed by atoms with Crippen molar-refractivity contribution in [1.82, 2.24) is 9.97 Å². The van der Waals surface area contributed by atoms with E-state index >= 15 is 0 Å². The molecule has 2 N–H and O–H groups in total. The third kappa shape index (κ3) is 6.03. The Kier molecular flexibility index (Phi) is 7.73. The molecule has 164 valence electrons. The Bertz CT molecular complexity index is 1040. The zero-order chi connectivity index (χ0) is 23.3. The first-order valence-corrected chi connectivity index (χ1v) is 10.7. The number of hydrogen-bond acceptors (Lipinski definition) is 9. The van der Waals surface area contributed by atoms with Gasteiger partial charge in [-0.1, -0.05) is 19.9 Å². The molecule has 2 atom stereocenters. The number of ether oxygens (including phenoxy) is 1. The van der Waals surface area contributed by atoms with Crippen molar-refractivity contribution in [2.24, 2.45) is 5.92 Å². The molecule has 0 saturated heterocycles. The number of nitro groups is 1. The highest BCUT2D eigenvalue weighted by molar-refractivity contribution is 7.90. The normalized spacial score (nSPS) is 12.7. The van der Waals surface area contributed by atoms with Crippen LogP contribution in [0.4, 0.5) is 11.5 Å². The number of aromatic nitrogens is 2. The van der Waals surface area contributed by atoms with E-state index in [1.807, 2.05) is 6.07 Å². The molecule has 0 spiro atoms. The van der Waals surface area contributed by atoms with Crippen LogP contribution in [0.1, 0.15) is 31.4 Å². The van der Waals surface area contributed by atoms with Crippen molar-refractivity contribution in [3.05, 3.63) is 39.4 Å². The molecule has 11 nitrogen and oxygen atoms in total. The first-order chi connectivity index (χ1) is 14.5. The second-order valence-corrected chi connectivity index (χ2v) is 8.35. The summed E-state index contributed by atoms with van der Waals surface area (Å²) in [6.45, 7) is 5.28. The van der Waals surface area contributed by atoms with Gasteiger partial charge in [0.1, 0.15) is 18.0 Å². The van der Waals surface area contributed by atoms with Gasteiger partial charge in [-0.25, -0.2) is 4.79 Å². The molecule has 31 heavy (non-hydrogen) atoms. The number of nitrogens with one attached hydrogen (secondary N) is 1. The van der Waals surface area contributed by atoms with Crippen LogP contribution in [0.25, 0.3) is 0 Å². The first kappa shape index (κ1) is 23.8. The molecule has 0 saturated carbocycles. The quantitative estimate of drug-likeness (QED) is 0.251. The molecular weight excluding hydrogens is 426 g/mol. The van der Waals surface area contributed by atoms with Gasteiger partial charge in [-0.05, 0) is 37.0 Å². The number of nitrogens with zero attached hydrogens (tertiary/aromatic N) is 4. The molecule has 0 radical (unpaired) electrons. The van der Waals surface area contributed by atoms with Gasteiger partial charge in [0.25, 0.3) is 0 Å². The SMILES string of the molecule is Cc1ccc(C#N)cc1Oc1nc([S+](C)[O-])nc(NC(CC(C)C)C(=O)O)c1[N+](=O)[O-]. The average molecular weight is 447 g/mol. The second-order valence-electron chi connectivity index (χ2n) is 7.08. The van der Waals surface area contributed by atoms with Crippen LogP contribution in [0.2, 0.25) is 0 Å². The predicted octanol–water partition coefficient (Wildman–Crippen LogP) is 3.01. The lowest BCUT2D eigenvalue weighted by Crippen LogP contribution is -2.31. The Balaban J connectivity index is 2.64. The number of carbonyl (C=O) groups is 1.